The first-order chi connectivity index (χ1) is 8.95. The highest BCUT2D eigenvalue weighted by Gasteiger charge is 2.14. The van der Waals surface area contributed by atoms with Crippen LogP contribution in [0.1, 0.15) is 26.8 Å². The van der Waals surface area contributed by atoms with Gasteiger partial charge in [-0.3, -0.25) is 4.79 Å². The first-order valence-corrected chi connectivity index (χ1v) is 7.02. The average Bonchev–Trinajstić information content (AvgIpc) is 2.72. The summed E-state index contributed by atoms with van der Waals surface area (Å²) in [5.41, 5.74) is 2.18. The summed E-state index contributed by atoms with van der Waals surface area (Å²) in [6, 6.07) is 3.32. The molecule has 0 aliphatic rings. The standard InChI is InChI=1S/C13H14ClN3OS/c1-8-4-10(5-12(14)15-8)13(18)17(3)6-11-7-19-9(2)16-11/h4-5,7H,6H2,1-3H3. The van der Waals surface area contributed by atoms with E-state index in [1.165, 1.54) is 0 Å². The largest absolute Gasteiger partial charge is 0.336 e. The van der Waals surface area contributed by atoms with Crippen LogP contribution in [-0.4, -0.2) is 27.8 Å². The normalized spacial score (nSPS) is 10.5. The van der Waals surface area contributed by atoms with Crippen molar-refractivity contribution in [2.45, 2.75) is 20.4 Å². The van der Waals surface area contributed by atoms with Crippen molar-refractivity contribution >= 4 is 28.8 Å². The molecule has 2 aromatic heterocycles. The molecule has 0 unspecified atom stereocenters. The van der Waals surface area contributed by atoms with Gasteiger partial charge in [-0.05, 0) is 26.0 Å². The molecular weight excluding hydrogens is 282 g/mol. The van der Waals surface area contributed by atoms with Crippen molar-refractivity contribution < 1.29 is 4.79 Å². The van der Waals surface area contributed by atoms with Crippen LogP contribution in [0.5, 0.6) is 0 Å². The lowest BCUT2D eigenvalue weighted by molar-refractivity contribution is 0.0783. The van der Waals surface area contributed by atoms with E-state index < -0.39 is 0 Å². The maximum absolute atomic E-state index is 12.3. The van der Waals surface area contributed by atoms with Gasteiger partial charge in [-0.1, -0.05) is 11.6 Å². The van der Waals surface area contributed by atoms with Crippen LogP contribution in [0.25, 0.3) is 0 Å². The zero-order valence-electron chi connectivity index (χ0n) is 11.0. The Morgan fingerprint density at radius 1 is 1.37 bits per heavy atom. The maximum atomic E-state index is 12.3. The first kappa shape index (κ1) is 14.0. The summed E-state index contributed by atoms with van der Waals surface area (Å²) in [5.74, 6) is -0.0851. The van der Waals surface area contributed by atoms with Gasteiger partial charge in [-0.2, -0.15) is 0 Å². The van der Waals surface area contributed by atoms with Crippen LogP contribution in [-0.2, 0) is 6.54 Å². The number of thiazole rings is 1. The molecule has 2 heterocycles. The molecule has 0 fully saturated rings. The van der Waals surface area contributed by atoms with Crippen molar-refractivity contribution in [3.05, 3.63) is 44.6 Å². The van der Waals surface area contributed by atoms with Gasteiger partial charge in [-0.25, -0.2) is 9.97 Å². The lowest BCUT2D eigenvalue weighted by Crippen LogP contribution is -2.26. The molecule has 0 saturated carbocycles. The predicted octanol–water partition coefficient (Wildman–Crippen LogP) is 3.08. The van der Waals surface area contributed by atoms with E-state index in [-0.39, 0.29) is 5.91 Å². The van der Waals surface area contributed by atoms with Crippen molar-refractivity contribution in [2.24, 2.45) is 0 Å². The SMILES string of the molecule is Cc1cc(C(=O)N(C)Cc2csc(C)n2)cc(Cl)n1. The van der Waals surface area contributed by atoms with Gasteiger partial charge in [-0.15, -0.1) is 11.3 Å². The number of aromatic nitrogens is 2. The topological polar surface area (TPSA) is 46.1 Å². The fraction of sp³-hybridized carbons (Fsp3) is 0.308. The molecule has 0 N–H and O–H groups in total. The van der Waals surface area contributed by atoms with Gasteiger partial charge in [0.1, 0.15) is 5.15 Å². The lowest BCUT2D eigenvalue weighted by Gasteiger charge is -2.16. The number of amides is 1. The number of carbonyl (C=O) groups excluding carboxylic acids is 1. The third kappa shape index (κ3) is 3.52. The van der Waals surface area contributed by atoms with E-state index in [0.29, 0.717) is 17.3 Å². The Morgan fingerprint density at radius 2 is 2.11 bits per heavy atom. The van der Waals surface area contributed by atoms with Crippen molar-refractivity contribution in [1.29, 1.82) is 0 Å². The Bertz CT molecular complexity index is 591. The van der Waals surface area contributed by atoms with Gasteiger partial charge in [0, 0.05) is 23.7 Å². The zero-order chi connectivity index (χ0) is 14.0. The van der Waals surface area contributed by atoms with Crippen molar-refractivity contribution in [1.82, 2.24) is 14.9 Å². The van der Waals surface area contributed by atoms with Crippen LogP contribution in [0.4, 0.5) is 0 Å². The molecule has 19 heavy (non-hydrogen) atoms. The number of pyridine rings is 1. The minimum Gasteiger partial charge on any atom is -0.336 e. The summed E-state index contributed by atoms with van der Waals surface area (Å²) in [6.07, 6.45) is 0. The molecule has 0 aliphatic heterocycles. The Kier molecular flexibility index (Phi) is 4.17. The summed E-state index contributed by atoms with van der Waals surface area (Å²) < 4.78 is 0. The third-order valence-corrected chi connectivity index (χ3v) is 3.60. The smallest absolute Gasteiger partial charge is 0.254 e. The molecule has 1 amide bonds. The molecule has 0 spiro atoms. The second-order valence-electron chi connectivity index (χ2n) is 4.34. The quantitative estimate of drug-likeness (QED) is 0.818. The molecule has 0 saturated heterocycles. The zero-order valence-corrected chi connectivity index (χ0v) is 12.5. The summed E-state index contributed by atoms with van der Waals surface area (Å²) in [7, 11) is 1.75. The Labute approximate surface area is 121 Å². The summed E-state index contributed by atoms with van der Waals surface area (Å²) >= 11 is 7.45. The molecule has 0 radical (unpaired) electrons. The van der Waals surface area contributed by atoms with E-state index in [0.717, 1.165) is 16.4 Å². The molecule has 0 atom stereocenters. The number of halogens is 1. The van der Waals surface area contributed by atoms with Crippen molar-refractivity contribution in [3.63, 3.8) is 0 Å². The minimum atomic E-state index is -0.0851. The monoisotopic (exact) mass is 295 g/mol. The highest BCUT2D eigenvalue weighted by molar-refractivity contribution is 7.09. The number of rotatable bonds is 3. The van der Waals surface area contributed by atoms with Gasteiger partial charge >= 0.3 is 0 Å². The molecule has 0 aliphatic carbocycles. The summed E-state index contributed by atoms with van der Waals surface area (Å²) in [6.45, 7) is 4.25. The summed E-state index contributed by atoms with van der Waals surface area (Å²) in [5, 5.41) is 3.30. The highest BCUT2D eigenvalue weighted by Crippen LogP contribution is 2.14. The predicted molar refractivity (Wildman–Crippen MR) is 76.6 cm³/mol. The molecular formula is C13H14ClN3OS. The second-order valence-corrected chi connectivity index (χ2v) is 5.79. The van der Waals surface area contributed by atoms with Gasteiger partial charge in [0.15, 0.2) is 0 Å². The van der Waals surface area contributed by atoms with Crippen LogP contribution in [0.2, 0.25) is 5.15 Å². The number of hydrogen-bond donors (Lipinski definition) is 0. The number of carbonyl (C=O) groups is 1. The average molecular weight is 296 g/mol. The van der Waals surface area contributed by atoms with Crippen molar-refractivity contribution in [2.75, 3.05) is 7.05 Å². The highest BCUT2D eigenvalue weighted by atomic mass is 35.5. The molecule has 4 nitrogen and oxygen atoms in total. The Balaban J connectivity index is 2.14. The summed E-state index contributed by atoms with van der Waals surface area (Å²) in [4.78, 5) is 22.3. The Morgan fingerprint density at radius 3 is 2.68 bits per heavy atom. The van der Waals surface area contributed by atoms with Gasteiger partial charge in [0.25, 0.3) is 5.91 Å². The second kappa shape index (κ2) is 5.67. The fourth-order valence-corrected chi connectivity index (χ4v) is 2.62. The third-order valence-electron chi connectivity index (χ3n) is 2.58. The molecule has 2 aromatic rings. The Hall–Kier alpha value is -1.46. The van der Waals surface area contributed by atoms with E-state index in [2.05, 4.69) is 9.97 Å². The van der Waals surface area contributed by atoms with E-state index in [1.54, 1.807) is 35.4 Å². The van der Waals surface area contributed by atoms with Crippen LogP contribution < -0.4 is 0 Å². The van der Waals surface area contributed by atoms with Crippen molar-refractivity contribution in [3.8, 4) is 0 Å². The van der Waals surface area contributed by atoms with Crippen LogP contribution in [0.15, 0.2) is 17.5 Å². The molecule has 0 bridgehead atoms. The van der Waals surface area contributed by atoms with Crippen LogP contribution in [0, 0.1) is 13.8 Å². The molecule has 0 aromatic carbocycles. The van der Waals surface area contributed by atoms with Gasteiger partial charge in [0.2, 0.25) is 0 Å². The fourth-order valence-electron chi connectivity index (χ4n) is 1.77. The van der Waals surface area contributed by atoms with Gasteiger partial charge < -0.3 is 4.90 Å². The lowest BCUT2D eigenvalue weighted by atomic mass is 10.2. The van der Waals surface area contributed by atoms with Crippen LogP contribution >= 0.6 is 22.9 Å². The van der Waals surface area contributed by atoms with E-state index in [1.807, 2.05) is 19.2 Å². The van der Waals surface area contributed by atoms with E-state index >= 15 is 0 Å². The first-order valence-electron chi connectivity index (χ1n) is 5.76. The number of aryl methyl sites for hydroxylation is 2. The number of hydrogen-bond acceptors (Lipinski definition) is 4. The maximum Gasteiger partial charge on any atom is 0.254 e. The molecule has 2 rings (SSSR count). The van der Waals surface area contributed by atoms with Gasteiger partial charge in [0.05, 0.1) is 17.2 Å². The van der Waals surface area contributed by atoms with E-state index in [4.69, 9.17) is 11.6 Å². The molecule has 6 heteroatoms. The minimum absolute atomic E-state index is 0.0851. The molecule has 100 valence electrons. The number of nitrogens with zero attached hydrogens (tertiary/aromatic N) is 3. The van der Waals surface area contributed by atoms with E-state index in [9.17, 15) is 4.79 Å². The van der Waals surface area contributed by atoms with Crippen LogP contribution in [0.3, 0.4) is 0 Å².